The average Bonchev–Trinajstić information content (AvgIpc) is 3.40. The van der Waals surface area contributed by atoms with E-state index in [-0.39, 0.29) is 17.9 Å². The summed E-state index contributed by atoms with van der Waals surface area (Å²) >= 11 is 0. The van der Waals surface area contributed by atoms with Crippen molar-refractivity contribution >= 4 is 11.8 Å². The smallest absolute Gasteiger partial charge is 0.273 e. The highest BCUT2D eigenvalue weighted by molar-refractivity contribution is 5.85. The molecule has 1 fully saturated rings. The second kappa shape index (κ2) is 7.57. The minimum atomic E-state index is -5.03. The average molecular weight is 436 g/mol. The van der Waals surface area contributed by atoms with E-state index >= 15 is 0 Å². The van der Waals surface area contributed by atoms with Gasteiger partial charge in [-0.05, 0) is 43.2 Å². The molecule has 8 nitrogen and oxygen atoms in total. The number of alkyl halides is 6. The minimum Gasteiger partial charge on any atom is -0.273 e. The molecule has 0 bridgehead atoms. The molecule has 1 aromatic carbocycles. The van der Waals surface area contributed by atoms with E-state index in [2.05, 4.69) is 26.3 Å². The minimum absolute atomic E-state index is 0.0213. The van der Waals surface area contributed by atoms with Crippen LogP contribution in [0, 0.1) is 5.92 Å². The predicted molar refractivity (Wildman–Crippen MR) is 87.0 cm³/mol. The third kappa shape index (κ3) is 4.86. The van der Waals surface area contributed by atoms with Crippen LogP contribution in [0.25, 0.3) is 11.4 Å². The van der Waals surface area contributed by atoms with Crippen LogP contribution in [0.2, 0.25) is 0 Å². The molecule has 1 aliphatic carbocycles. The number of carbonyl (C=O) groups is 2. The number of tetrazole rings is 1. The Kier molecular flexibility index (Phi) is 5.43. The van der Waals surface area contributed by atoms with Crippen LogP contribution in [0.1, 0.15) is 36.9 Å². The summed E-state index contributed by atoms with van der Waals surface area (Å²) in [6, 6.07) is -0.264. The number of halogens is 6. The molecule has 1 atom stereocenters. The lowest BCUT2D eigenvalue weighted by molar-refractivity contribution is -0.143. The maximum Gasteiger partial charge on any atom is 0.416 e. The molecule has 2 amide bonds. The maximum atomic E-state index is 13.0. The fraction of sp³-hybridized carbons (Fsp3) is 0.438. The van der Waals surface area contributed by atoms with E-state index < -0.39 is 46.8 Å². The van der Waals surface area contributed by atoms with Gasteiger partial charge in [0.1, 0.15) is 0 Å². The van der Waals surface area contributed by atoms with E-state index in [1.54, 1.807) is 0 Å². The molecule has 1 heterocycles. The van der Waals surface area contributed by atoms with Gasteiger partial charge in [0.15, 0.2) is 6.04 Å². The van der Waals surface area contributed by atoms with Gasteiger partial charge >= 0.3 is 12.4 Å². The molecule has 1 unspecified atom stereocenters. The Balaban J connectivity index is 1.82. The number of rotatable bonds is 4. The van der Waals surface area contributed by atoms with Crippen LogP contribution in [0.5, 0.6) is 0 Å². The lowest BCUT2D eigenvalue weighted by atomic mass is 10.0. The molecule has 0 saturated heterocycles. The van der Waals surface area contributed by atoms with Crippen molar-refractivity contribution in [2.45, 2.75) is 38.2 Å². The molecule has 0 radical (unpaired) electrons. The number of nitrogens with zero attached hydrogens (tertiary/aromatic N) is 4. The van der Waals surface area contributed by atoms with Crippen molar-refractivity contribution in [2.24, 2.45) is 5.92 Å². The molecule has 2 aromatic rings. The third-order valence-corrected chi connectivity index (χ3v) is 4.26. The first-order valence-corrected chi connectivity index (χ1v) is 8.55. The van der Waals surface area contributed by atoms with Crippen molar-refractivity contribution in [2.75, 3.05) is 0 Å². The zero-order valence-corrected chi connectivity index (χ0v) is 15.2. The summed E-state index contributed by atoms with van der Waals surface area (Å²) in [4.78, 5) is 24.3. The van der Waals surface area contributed by atoms with Crippen LogP contribution in [0.15, 0.2) is 18.2 Å². The lowest BCUT2D eigenvalue weighted by Crippen LogP contribution is -2.45. The van der Waals surface area contributed by atoms with Gasteiger partial charge in [-0.25, -0.2) is 0 Å². The molecule has 30 heavy (non-hydrogen) atoms. The standard InChI is InChI=1S/C16H14F6N6O2/c1-7(13(29)24-25-14(30)8-2-3-8)28-26-12(23-27-28)9-4-10(15(17,18)19)6-11(5-9)16(20,21)22/h4-8H,2-3H2,1H3,(H,24,29)(H,25,30). The van der Waals surface area contributed by atoms with Crippen molar-refractivity contribution in [1.82, 2.24) is 31.1 Å². The molecule has 0 aliphatic heterocycles. The second-order valence-corrected chi connectivity index (χ2v) is 6.66. The number of aromatic nitrogens is 4. The second-order valence-electron chi connectivity index (χ2n) is 6.66. The van der Waals surface area contributed by atoms with Crippen molar-refractivity contribution in [3.8, 4) is 11.4 Å². The van der Waals surface area contributed by atoms with Crippen molar-refractivity contribution in [3.63, 3.8) is 0 Å². The van der Waals surface area contributed by atoms with Crippen LogP contribution in [0.4, 0.5) is 26.3 Å². The maximum absolute atomic E-state index is 13.0. The summed E-state index contributed by atoms with van der Waals surface area (Å²) in [5.41, 5.74) is 0.716. The fourth-order valence-electron chi connectivity index (χ4n) is 2.37. The summed E-state index contributed by atoms with van der Waals surface area (Å²) in [7, 11) is 0. The summed E-state index contributed by atoms with van der Waals surface area (Å²) in [6.45, 7) is 1.30. The van der Waals surface area contributed by atoms with E-state index in [0.717, 1.165) is 0 Å². The van der Waals surface area contributed by atoms with Crippen molar-refractivity contribution < 1.29 is 35.9 Å². The van der Waals surface area contributed by atoms with Gasteiger partial charge in [-0.1, -0.05) is 0 Å². The summed E-state index contributed by atoms with van der Waals surface area (Å²) in [5.74, 6) is -1.83. The van der Waals surface area contributed by atoms with Crippen LogP contribution >= 0.6 is 0 Å². The first kappa shape index (κ1) is 21.5. The lowest BCUT2D eigenvalue weighted by Gasteiger charge is -2.13. The molecule has 3 rings (SSSR count). The van der Waals surface area contributed by atoms with E-state index in [9.17, 15) is 35.9 Å². The Morgan fingerprint density at radius 1 is 1.03 bits per heavy atom. The number of amides is 2. The number of benzene rings is 1. The van der Waals surface area contributed by atoms with E-state index in [4.69, 9.17) is 0 Å². The predicted octanol–water partition coefficient (Wildman–Crippen LogP) is 2.50. The SMILES string of the molecule is CC(C(=O)NNC(=O)C1CC1)n1nnc(-c2cc(C(F)(F)F)cc(C(F)(F)F)c2)n1. The zero-order chi connectivity index (χ0) is 22.3. The van der Waals surface area contributed by atoms with Gasteiger partial charge in [-0.3, -0.25) is 20.4 Å². The molecule has 14 heteroatoms. The number of hydrogen-bond acceptors (Lipinski definition) is 5. The first-order valence-electron chi connectivity index (χ1n) is 8.55. The first-order chi connectivity index (χ1) is 13.9. The summed E-state index contributed by atoms with van der Waals surface area (Å²) in [5, 5.41) is 10.7. The molecule has 162 valence electrons. The van der Waals surface area contributed by atoms with Crippen LogP contribution in [-0.4, -0.2) is 32.0 Å². The van der Waals surface area contributed by atoms with Gasteiger partial charge in [0, 0.05) is 11.5 Å². The van der Waals surface area contributed by atoms with E-state index in [1.165, 1.54) is 6.92 Å². The fourth-order valence-corrected chi connectivity index (χ4v) is 2.37. The molecular formula is C16H14F6N6O2. The number of hydrazine groups is 1. The molecule has 2 N–H and O–H groups in total. The molecule has 0 spiro atoms. The van der Waals surface area contributed by atoms with E-state index in [0.29, 0.717) is 29.8 Å². The quantitative estimate of drug-likeness (QED) is 0.567. The van der Waals surface area contributed by atoms with Crippen LogP contribution < -0.4 is 10.9 Å². The van der Waals surface area contributed by atoms with Gasteiger partial charge < -0.3 is 0 Å². The Morgan fingerprint density at radius 2 is 1.60 bits per heavy atom. The Labute approximate surface area is 164 Å². The van der Waals surface area contributed by atoms with Crippen molar-refractivity contribution in [3.05, 3.63) is 29.3 Å². The number of nitrogens with one attached hydrogen (secondary N) is 2. The molecule has 1 saturated carbocycles. The van der Waals surface area contributed by atoms with Crippen LogP contribution in [0.3, 0.4) is 0 Å². The summed E-state index contributed by atoms with van der Waals surface area (Å²) < 4.78 is 77.9. The molecule has 1 aliphatic rings. The highest BCUT2D eigenvalue weighted by atomic mass is 19.4. The highest BCUT2D eigenvalue weighted by Crippen LogP contribution is 2.38. The number of hydrogen-bond donors (Lipinski definition) is 2. The van der Waals surface area contributed by atoms with E-state index in [1.807, 2.05) is 0 Å². The van der Waals surface area contributed by atoms with Gasteiger partial charge in [0.2, 0.25) is 11.7 Å². The highest BCUT2D eigenvalue weighted by Gasteiger charge is 2.37. The topological polar surface area (TPSA) is 102 Å². The van der Waals surface area contributed by atoms with Gasteiger partial charge in [-0.15, -0.1) is 10.2 Å². The van der Waals surface area contributed by atoms with Gasteiger partial charge in [0.25, 0.3) is 5.91 Å². The van der Waals surface area contributed by atoms with Gasteiger partial charge in [-0.2, -0.15) is 31.1 Å². The van der Waals surface area contributed by atoms with Crippen LogP contribution in [-0.2, 0) is 21.9 Å². The zero-order valence-electron chi connectivity index (χ0n) is 15.2. The molecular weight excluding hydrogens is 422 g/mol. The summed E-state index contributed by atoms with van der Waals surface area (Å²) in [6.07, 6.45) is -8.64. The van der Waals surface area contributed by atoms with Gasteiger partial charge in [0.05, 0.1) is 11.1 Å². The third-order valence-electron chi connectivity index (χ3n) is 4.26. The Morgan fingerprint density at radius 3 is 2.10 bits per heavy atom. The Hall–Kier alpha value is -3.19. The van der Waals surface area contributed by atoms with Crippen molar-refractivity contribution in [1.29, 1.82) is 0 Å². The Bertz CT molecular complexity index is 934. The molecule has 1 aromatic heterocycles. The normalized spacial score (nSPS) is 15.6. The number of carbonyl (C=O) groups excluding carboxylic acids is 2. The monoisotopic (exact) mass is 436 g/mol. The largest absolute Gasteiger partial charge is 0.416 e.